The molecule has 3 rings (SSSR count). The molecule has 0 aliphatic carbocycles. The topological polar surface area (TPSA) is 130 Å². The number of hydrogen-bond donors (Lipinski definition) is 2. The highest BCUT2D eigenvalue weighted by Gasteiger charge is 2.45. The Kier molecular flexibility index (Phi) is 11.9. The summed E-state index contributed by atoms with van der Waals surface area (Å²) in [5.74, 6) is -2.80. The normalized spacial score (nSPS) is 19.6. The van der Waals surface area contributed by atoms with Crippen LogP contribution in [0.3, 0.4) is 0 Å². The number of carboxylic acids is 1. The minimum absolute atomic E-state index is 0.0249. The van der Waals surface area contributed by atoms with Gasteiger partial charge in [0.05, 0.1) is 18.8 Å². The van der Waals surface area contributed by atoms with E-state index in [-0.39, 0.29) is 35.7 Å². The van der Waals surface area contributed by atoms with Gasteiger partial charge in [-0.15, -0.1) is 0 Å². The molecule has 1 heterocycles. The second-order valence-electron chi connectivity index (χ2n) is 10.2. The number of aromatic carboxylic acids is 1. The highest BCUT2D eigenvalue weighted by atomic mass is 19.4. The molecule has 1 saturated heterocycles. The van der Waals surface area contributed by atoms with E-state index in [4.69, 9.17) is 28.4 Å². The quantitative estimate of drug-likeness (QED) is 0.160. The maximum atomic E-state index is 12.9. The maximum Gasteiger partial charge on any atom is 0.414 e. The molecule has 10 nitrogen and oxygen atoms in total. The van der Waals surface area contributed by atoms with E-state index < -0.39 is 54.7 Å². The smallest absolute Gasteiger partial charge is 0.414 e. The maximum absolute atomic E-state index is 12.9. The monoisotopic (exact) mass is 624 g/mol. The third-order valence-corrected chi connectivity index (χ3v) is 6.41. The number of carbonyl (C=O) groups is 2. The number of alkyl halides is 3. The number of aliphatic hydroxyl groups is 1. The predicted octanol–water partition coefficient (Wildman–Crippen LogP) is 5.39. The van der Waals surface area contributed by atoms with Crippen LogP contribution in [0.5, 0.6) is 11.5 Å². The molecule has 0 amide bonds. The van der Waals surface area contributed by atoms with Crippen LogP contribution in [-0.2, 0) is 18.9 Å². The van der Waals surface area contributed by atoms with Crippen molar-refractivity contribution in [3.05, 3.63) is 77.4 Å². The van der Waals surface area contributed by atoms with Gasteiger partial charge >= 0.3 is 18.1 Å². The Hall–Kier alpha value is -3.91. The summed E-state index contributed by atoms with van der Waals surface area (Å²) in [7, 11) is 2.80. The first-order valence-electron chi connectivity index (χ1n) is 13.5. The summed E-state index contributed by atoms with van der Waals surface area (Å²) in [6, 6.07) is 10.9. The van der Waals surface area contributed by atoms with Crippen LogP contribution >= 0.6 is 0 Å². The molecule has 2 aromatic carbocycles. The van der Waals surface area contributed by atoms with Crippen LogP contribution in [0.1, 0.15) is 53.0 Å². The van der Waals surface area contributed by atoms with Crippen molar-refractivity contribution in [1.82, 2.24) is 0 Å². The number of rotatable bonds is 14. The van der Waals surface area contributed by atoms with Crippen LogP contribution in [-0.4, -0.2) is 79.5 Å². The minimum Gasteiger partial charge on any atom is -0.497 e. The van der Waals surface area contributed by atoms with E-state index >= 15 is 0 Å². The molecule has 2 aromatic rings. The number of benzene rings is 2. The number of aliphatic hydroxyl groups excluding tert-OH is 1. The third-order valence-electron chi connectivity index (χ3n) is 6.41. The Bertz CT molecular complexity index is 1320. The third kappa shape index (κ3) is 9.55. The lowest BCUT2D eigenvalue weighted by atomic mass is 10.0. The average molecular weight is 625 g/mol. The summed E-state index contributed by atoms with van der Waals surface area (Å²) in [6.45, 7) is 3.05. The number of halogens is 3. The van der Waals surface area contributed by atoms with Gasteiger partial charge < -0.3 is 38.6 Å². The zero-order chi connectivity index (χ0) is 32.5. The number of carboxylic acid groups (broad SMARTS) is 1. The molecule has 13 heteroatoms. The van der Waals surface area contributed by atoms with E-state index in [0.717, 1.165) is 6.08 Å². The van der Waals surface area contributed by atoms with Crippen molar-refractivity contribution in [3.63, 3.8) is 0 Å². The molecule has 1 aliphatic rings. The Balaban J connectivity index is 1.91. The van der Waals surface area contributed by atoms with Crippen molar-refractivity contribution in [2.24, 2.45) is 0 Å². The summed E-state index contributed by atoms with van der Waals surface area (Å²) in [5.41, 5.74) is 0.327. The predicted molar refractivity (Wildman–Crippen MR) is 151 cm³/mol. The van der Waals surface area contributed by atoms with Gasteiger partial charge in [0, 0.05) is 19.6 Å². The van der Waals surface area contributed by atoms with E-state index in [9.17, 15) is 33.0 Å². The molecule has 0 aromatic heterocycles. The lowest BCUT2D eigenvalue weighted by molar-refractivity contribution is -0.202. The van der Waals surface area contributed by atoms with Crippen LogP contribution in [0.15, 0.2) is 60.7 Å². The molecular formula is C31H35F3O10. The molecular weight excluding hydrogens is 589 g/mol. The fourth-order valence-electron chi connectivity index (χ4n) is 4.44. The van der Waals surface area contributed by atoms with E-state index in [1.807, 2.05) is 0 Å². The summed E-state index contributed by atoms with van der Waals surface area (Å²) in [5, 5.41) is 19.3. The lowest BCUT2D eigenvalue weighted by Gasteiger charge is -2.24. The highest BCUT2D eigenvalue weighted by Crippen LogP contribution is 2.35. The molecule has 4 atom stereocenters. The van der Waals surface area contributed by atoms with Crippen molar-refractivity contribution in [2.45, 2.75) is 63.1 Å². The molecule has 2 unspecified atom stereocenters. The molecule has 2 N–H and O–H groups in total. The Morgan fingerprint density at radius 2 is 1.80 bits per heavy atom. The Labute approximate surface area is 252 Å². The Morgan fingerprint density at radius 1 is 1.09 bits per heavy atom. The standard InChI is InChI=1S/C31H35F3O10/c1-30(2)43-23(14-8-12-20-16-21(40-4)17-24(41-18-39-3)26(20)28(36)37)27(44-30)22(13-9-15-25(35)31(32,33)34)42-29(38)19-10-6-5-7-11-19/h5-13,16-17,22-23,25,27,35H,14-15,18H2,1-4H3,(H,36,37)/t22?,23-,25?,27+/m0/s1. The average Bonchev–Trinajstić information content (AvgIpc) is 3.28. The van der Waals surface area contributed by atoms with Crippen molar-refractivity contribution in [3.8, 4) is 11.5 Å². The molecule has 0 radical (unpaired) electrons. The Morgan fingerprint density at radius 3 is 2.41 bits per heavy atom. The van der Waals surface area contributed by atoms with Gasteiger partial charge in [-0.2, -0.15) is 13.2 Å². The van der Waals surface area contributed by atoms with Crippen LogP contribution in [0, 0.1) is 0 Å². The highest BCUT2D eigenvalue weighted by molar-refractivity contribution is 5.95. The van der Waals surface area contributed by atoms with Crippen molar-refractivity contribution >= 4 is 18.0 Å². The first-order chi connectivity index (χ1) is 20.8. The fourth-order valence-corrected chi connectivity index (χ4v) is 4.44. The number of esters is 1. The first kappa shape index (κ1) is 34.6. The van der Waals surface area contributed by atoms with Gasteiger partial charge in [-0.05, 0) is 50.1 Å². The number of carbonyl (C=O) groups excluding carboxylic acids is 1. The van der Waals surface area contributed by atoms with Crippen LogP contribution in [0.2, 0.25) is 0 Å². The van der Waals surface area contributed by atoms with E-state index in [1.54, 1.807) is 38.1 Å². The summed E-state index contributed by atoms with van der Waals surface area (Å²) in [6.07, 6.45) is -5.61. The van der Waals surface area contributed by atoms with Gasteiger partial charge in [-0.3, -0.25) is 0 Å². The van der Waals surface area contributed by atoms with Gasteiger partial charge in [0.1, 0.15) is 29.3 Å². The van der Waals surface area contributed by atoms with E-state index in [1.165, 1.54) is 50.6 Å². The molecule has 1 fully saturated rings. The molecule has 1 aliphatic heterocycles. The minimum atomic E-state index is -4.83. The van der Waals surface area contributed by atoms with Crippen LogP contribution < -0.4 is 9.47 Å². The van der Waals surface area contributed by atoms with Gasteiger partial charge in [0.25, 0.3) is 0 Å². The lowest BCUT2D eigenvalue weighted by Crippen LogP contribution is -2.37. The van der Waals surface area contributed by atoms with Gasteiger partial charge in [0.15, 0.2) is 18.7 Å². The largest absolute Gasteiger partial charge is 0.497 e. The van der Waals surface area contributed by atoms with Gasteiger partial charge in [-0.25, -0.2) is 9.59 Å². The summed E-state index contributed by atoms with van der Waals surface area (Å²) >= 11 is 0. The van der Waals surface area contributed by atoms with Crippen molar-refractivity contribution in [1.29, 1.82) is 0 Å². The number of methoxy groups -OCH3 is 2. The molecule has 0 saturated carbocycles. The summed E-state index contributed by atoms with van der Waals surface area (Å²) < 4.78 is 72.0. The van der Waals surface area contributed by atoms with Crippen LogP contribution in [0.4, 0.5) is 13.2 Å². The second kappa shape index (κ2) is 15.2. The fraction of sp³-hybridized carbons (Fsp3) is 0.419. The van der Waals surface area contributed by atoms with Crippen molar-refractivity contribution < 1.29 is 61.4 Å². The van der Waals surface area contributed by atoms with Gasteiger partial charge in [0.2, 0.25) is 0 Å². The second-order valence-corrected chi connectivity index (χ2v) is 10.2. The van der Waals surface area contributed by atoms with E-state index in [2.05, 4.69) is 0 Å². The molecule has 240 valence electrons. The SMILES string of the molecule is COCOc1cc(OC)cc(C=CC[C@@H]2OC(C)(C)O[C@@H]2C(C=CCC(O)C(F)(F)F)OC(=O)c2ccccc2)c1C(=O)O. The number of ether oxygens (including phenoxy) is 6. The zero-order valence-electron chi connectivity index (χ0n) is 24.6. The molecule has 0 bridgehead atoms. The van der Waals surface area contributed by atoms with Crippen molar-refractivity contribution in [2.75, 3.05) is 21.0 Å². The molecule has 44 heavy (non-hydrogen) atoms. The van der Waals surface area contributed by atoms with E-state index in [0.29, 0.717) is 5.75 Å². The molecule has 0 spiro atoms. The summed E-state index contributed by atoms with van der Waals surface area (Å²) in [4.78, 5) is 25.0. The number of hydrogen-bond acceptors (Lipinski definition) is 9. The van der Waals surface area contributed by atoms with Gasteiger partial charge in [-0.1, -0.05) is 36.4 Å². The first-order valence-corrected chi connectivity index (χ1v) is 13.5. The zero-order valence-corrected chi connectivity index (χ0v) is 24.6. The van der Waals surface area contributed by atoms with Crippen LogP contribution in [0.25, 0.3) is 6.08 Å².